The van der Waals surface area contributed by atoms with Gasteiger partial charge in [-0.05, 0) is 54.6 Å². The van der Waals surface area contributed by atoms with Crippen LogP contribution in [0.3, 0.4) is 0 Å². The Balaban J connectivity index is 1.49. The summed E-state index contributed by atoms with van der Waals surface area (Å²) in [7, 11) is 0. The minimum absolute atomic E-state index is 0.0378. The molecule has 1 saturated heterocycles. The van der Waals surface area contributed by atoms with Gasteiger partial charge in [-0.15, -0.1) is 21.5 Å². The van der Waals surface area contributed by atoms with E-state index >= 15 is 0 Å². The Labute approximate surface area is 172 Å². The van der Waals surface area contributed by atoms with Crippen LogP contribution in [0, 0.1) is 6.92 Å². The smallest absolute Gasteiger partial charge is 0.267 e. The van der Waals surface area contributed by atoms with Gasteiger partial charge < -0.3 is 9.32 Å². The largest absolute Gasteiger partial charge is 0.417 e. The summed E-state index contributed by atoms with van der Waals surface area (Å²) >= 11 is 1.48. The quantitative estimate of drug-likeness (QED) is 0.479. The van der Waals surface area contributed by atoms with Gasteiger partial charge in [-0.2, -0.15) is 0 Å². The lowest BCUT2D eigenvalue weighted by Crippen LogP contribution is -2.38. The van der Waals surface area contributed by atoms with Gasteiger partial charge in [-0.25, -0.2) is 0 Å². The summed E-state index contributed by atoms with van der Waals surface area (Å²) < 4.78 is 6.06. The van der Waals surface area contributed by atoms with Gasteiger partial charge in [0.2, 0.25) is 5.89 Å². The Morgan fingerprint density at radius 2 is 2.10 bits per heavy atom. The van der Waals surface area contributed by atoms with Crippen molar-refractivity contribution in [3.8, 4) is 11.6 Å². The number of fused-ring (bicyclic) bond motifs is 1. The number of aromatic nitrogens is 3. The summed E-state index contributed by atoms with van der Waals surface area (Å²) in [6.07, 6.45) is 4.58. The molecule has 0 N–H and O–H groups in total. The van der Waals surface area contributed by atoms with Crippen LogP contribution in [-0.2, 0) is 0 Å². The van der Waals surface area contributed by atoms with Crippen molar-refractivity contribution in [3.63, 3.8) is 0 Å². The Morgan fingerprint density at radius 3 is 2.97 bits per heavy atom. The molecule has 6 nitrogen and oxygen atoms in total. The zero-order valence-corrected chi connectivity index (χ0v) is 16.9. The molecule has 0 unspecified atom stereocenters. The monoisotopic (exact) mass is 404 g/mol. The van der Waals surface area contributed by atoms with Crippen molar-refractivity contribution in [1.82, 2.24) is 20.1 Å². The number of benzene rings is 1. The molecule has 1 aliphatic rings. The van der Waals surface area contributed by atoms with Crippen LogP contribution in [0.5, 0.6) is 0 Å². The molecule has 3 aromatic heterocycles. The summed E-state index contributed by atoms with van der Waals surface area (Å²) in [6.45, 7) is 2.70. The van der Waals surface area contributed by atoms with Gasteiger partial charge in [0, 0.05) is 18.1 Å². The van der Waals surface area contributed by atoms with E-state index in [0.29, 0.717) is 24.0 Å². The first kappa shape index (κ1) is 18.0. The fourth-order valence-electron chi connectivity index (χ4n) is 3.87. The van der Waals surface area contributed by atoms with E-state index < -0.39 is 0 Å². The number of carbonyl (C=O) groups is 1. The highest BCUT2D eigenvalue weighted by molar-refractivity contribution is 7.12. The maximum Gasteiger partial charge on any atom is 0.267 e. The summed E-state index contributed by atoms with van der Waals surface area (Å²) in [5.74, 6) is 0.911. The molecule has 5 rings (SSSR count). The van der Waals surface area contributed by atoms with Gasteiger partial charge in [-0.1, -0.05) is 24.3 Å². The number of amides is 1. The third-order valence-corrected chi connectivity index (χ3v) is 6.34. The van der Waals surface area contributed by atoms with Gasteiger partial charge in [0.05, 0.1) is 4.88 Å². The molecule has 0 saturated carbocycles. The van der Waals surface area contributed by atoms with E-state index in [1.807, 2.05) is 53.6 Å². The highest BCUT2D eigenvalue weighted by Gasteiger charge is 2.33. The van der Waals surface area contributed by atoms with Gasteiger partial charge in [0.1, 0.15) is 11.7 Å². The van der Waals surface area contributed by atoms with E-state index in [-0.39, 0.29) is 11.9 Å². The minimum atomic E-state index is -0.199. The molecule has 146 valence electrons. The SMILES string of the molecule is Cc1csc(C(=O)N2CCCC[C@H]2c2nnc(-c3nccc4ccccc34)o2)c1. The van der Waals surface area contributed by atoms with Crippen molar-refractivity contribution < 1.29 is 9.21 Å². The van der Waals surface area contributed by atoms with Crippen LogP contribution in [0.25, 0.3) is 22.4 Å². The Morgan fingerprint density at radius 1 is 1.21 bits per heavy atom. The third-order valence-electron chi connectivity index (χ3n) is 5.31. The number of aryl methyl sites for hydroxylation is 1. The van der Waals surface area contributed by atoms with Crippen LogP contribution >= 0.6 is 11.3 Å². The molecule has 29 heavy (non-hydrogen) atoms. The molecular formula is C22H20N4O2S. The molecule has 1 fully saturated rings. The molecule has 0 radical (unpaired) electrons. The second kappa shape index (κ2) is 7.40. The van der Waals surface area contributed by atoms with E-state index in [0.717, 1.165) is 40.5 Å². The zero-order chi connectivity index (χ0) is 19.8. The Hall–Kier alpha value is -3.06. The van der Waals surface area contributed by atoms with Crippen molar-refractivity contribution in [2.75, 3.05) is 6.54 Å². The Kier molecular flexibility index (Phi) is 4.60. The molecule has 0 aliphatic carbocycles. The molecule has 1 aromatic carbocycles. The van der Waals surface area contributed by atoms with Crippen LogP contribution in [0.2, 0.25) is 0 Å². The van der Waals surface area contributed by atoms with Crippen molar-refractivity contribution in [2.45, 2.75) is 32.2 Å². The van der Waals surface area contributed by atoms with E-state index in [2.05, 4.69) is 15.2 Å². The van der Waals surface area contributed by atoms with E-state index in [1.54, 1.807) is 6.20 Å². The van der Waals surface area contributed by atoms with Crippen LogP contribution in [0.1, 0.15) is 46.4 Å². The number of likely N-dealkylation sites (tertiary alicyclic amines) is 1. The molecule has 0 spiro atoms. The number of carbonyl (C=O) groups excluding carboxylic acids is 1. The maximum absolute atomic E-state index is 13.1. The summed E-state index contributed by atoms with van der Waals surface area (Å²) in [5, 5.41) is 12.6. The number of pyridine rings is 1. The number of hydrogen-bond donors (Lipinski definition) is 0. The molecule has 4 heterocycles. The lowest BCUT2D eigenvalue weighted by Gasteiger charge is -2.33. The summed E-state index contributed by atoms with van der Waals surface area (Å²) in [5.41, 5.74) is 1.78. The molecule has 7 heteroatoms. The third kappa shape index (κ3) is 3.31. The number of nitrogens with zero attached hydrogens (tertiary/aromatic N) is 4. The predicted octanol–water partition coefficient (Wildman–Crippen LogP) is 5.02. The second-order valence-corrected chi connectivity index (χ2v) is 8.24. The molecule has 1 atom stereocenters. The normalized spacial score (nSPS) is 17.0. The molecule has 1 amide bonds. The van der Waals surface area contributed by atoms with E-state index in [1.165, 1.54) is 11.3 Å². The number of hydrogen-bond acceptors (Lipinski definition) is 6. The fourth-order valence-corrected chi connectivity index (χ4v) is 4.72. The highest BCUT2D eigenvalue weighted by Crippen LogP contribution is 2.34. The summed E-state index contributed by atoms with van der Waals surface area (Å²) in [4.78, 5) is 20.2. The lowest BCUT2D eigenvalue weighted by atomic mass is 10.0. The van der Waals surface area contributed by atoms with Gasteiger partial charge in [-0.3, -0.25) is 9.78 Å². The lowest BCUT2D eigenvalue weighted by molar-refractivity contribution is 0.0577. The molecule has 4 aromatic rings. The maximum atomic E-state index is 13.1. The summed E-state index contributed by atoms with van der Waals surface area (Å²) in [6, 6.07) is 11.7. The minimum Gasteiger partial charge on any atom is -0.417 e. The van der Waals surface area contributed by atoms with Crippen molar-refractivity contribution in [3.05, 3.63) is 64.3 Å². The first-order valence-electron chi connectivity index (χ1n) is 9.74. The van der Waals surface area contributed by atoms with E-state index in [9.17, 15) is 4.79 Å². The topological polar surface area (TPSA) is 72.1 Å². The number of piperidine rings is 1. The predicted molar refractivity (Wildman–Crippen MR) is 112 cm³/mol. The van der Waals surface area contributed by atoms with Gasteiger partial charge in [0.25, 0.3) is 11.8 Å². The highest BCUT2D eigenvalue weighted by atomic mass is 32.1. The van der Waals surface area contributed by atoms with Crippen molar-refractivity contribution in [1.29, 1.82) is 0 Å². The Bertz CT molecular complexity index is 1180. The first-order chi connectivity index (χ1) is 14.2. The molecule has 1 aliphatic heterocycles. The molecular weight excluding hydrogens is 384 g/mol. The zero-order valence-electron chi connectivity index (χ0n) is 16.0. The van der Waals surface area contributed by atoms with Crippen molar-refractivity contribution >= 4 is 28.0 Å². The van der Waals surface area contributed by atoms with Crippen molar-refractivity contribution in [2.24, 2.45) is 0 Å². The first-order valence-corrected chi connectivity index (χ1v) is 10.6. The van der Waals surface area contributed by atoms with Gasteiger partial charge >= 0.3 is 0 Å². The van der Waals surface area contributed by atoms with E-state index in [4.69, 9.17) is 4.42 Å². The number of rotatable bonds is 3. The standard InChI is InChI=1S/C22H20N4O2S/c1-14-12-18(29-13-14)22(27)26-11-5-4-8-17(26)20-24-25-21(28-20)19-16-7-3-2-6-15(16)9-10-23-19/h2-3,6-7,9-10,12-13,17H,4-5,8,11H2,1H3/t17-/m0/s1. The second-order valence-electron chi connectivity index (χ2n) is 7.32. The fraction of sp³-hybridized carbons (Fsp3) is 0.273. The van der Waals surface area contributed by atoms with Crippen LogP contribution < -0.4 is 0 Å². The average molecular weight is 404 g/mol. The van der Waals surface area contributed by atoms with Crippen LogP contribution in [0.4, 0.5) is 0 Å². The average Bonchev–Trinajstić information content (AvgIpc) is 3.42. The molecule has 0 bridgehead atoms. The van der Waals surface area contributed by atoms with Crippen LogP contribution in [0.15, 0.2) is 52.4 Å². The van der Waals surface area contributed by atoms with Crippen LogP contribution in [-0.4, -0.2) is 32.5 Å². The number of thiophene rings is 1. The van der Waals surface area contributed by atoms with Gasteiger partial charge in [0.15, 0.2) is 0 Å².